The van der Waals surface area contributed by atoms with Crippen molar-refractivity contribution in [3.63, 3.8) is 0 Å². The van der Waals surface area contributed by atoms with Gasteiger partial charge in [0.05, 0.1) is 5.92 Å². The largest absolute Gasteiger partial charge is 0.355 e. The minimum Gasteiger partial charge on any atom is -0.355 e. The number of amides is 1. The normalized spacial score (nSPS) is 18.7. The predicted octanol–water partition coefficient (Wildman–Crippen LogP) is 1.30. The van der Waals surface area contributed by atoms with Crippen molar-refractivity contribution in [2.24, 2.45) is 13.0 Å². The lowest BCUT2D eigenvalue weighted by Gasteiger charge is -2.30. The third-order valence-corrected chi connectivity index (χ3v) is 8.07. The van der Waals surface area contributed by atoms with Crippen molar-refractivity contribution in [3.8, 4) is 0 Å². The first kappa shape index (κ1) is 19.2. The highest BCUT2D eigenvalue weighted by molar-refractivity contribution is 7.91. The zero-order valence-corrected chi connectivity index (χ0v) is 16.8. The van der Waals surface area contributed by atoms with E-state index in [1.165, 1.54) is 15.6 Å². The number of sulfonamides is 1. The first-order valence-electron chi connectivity index (χ1n) is 8.31. The van der Waals surface area contributed by atoms with Gasteiger partial charge >= 0.3 is 0 Å². The molecule has 3 rings (SSSR count). The van der Waals surface area contributed by atoms with Crippen LogP contribution in [0.3, 0.4) is 0 Å². The number of hydrogen-bond acceptors (Lipinski definition) is 6. The standard InChI is InChI=1S/C15H21N5O3S3/c1-19-12(17-18-15(19)24)6-7-16-14(21)11-4-2-8-20(10-11)26(22,23)13-5-3-9-25-13/h3,5,9,11H,2,4,6-8,10H2,1H3,(H,16,21)(H,18,24). The van der Waals surface area contributed by atoms with Crippen LogP contribution in [0.5, 0.6) is 0 Å². The summed E-state index contributed by atoms with van der Waals surface area (Å²) in [6.07, 6.45) is 1.92. The number of thiophene rings is 1. The summed E-state index contributed by atoms with van der Waals surface area (Å²) in [5.74, 6) is 0.314. The maximum Gasteiger partial charge on any atom is 0.252 e. The number of carbonyl (C=O) groups excluding carboxylic acids is 1. The van der Waals surface area contributed by atoms with E-state index in [2.05, 4.69) is 15.5 Å². The van der Waals surface area contributed by atoms with Gasteiger partial charge in [0.2, 0.25) is 5.91 Å². The number of nitrogens with one attached hydrogen (secondary N) is 2. The fraction of sp³-hybridized carbons (Fsp3) is 0.533. The smallest absolute Gasteiger partial charge is 0.252 e. The van der Waals surface area contributed by atoms with E-state index in [0.29, 0.717) is 41.3 Å². The Morgan fingerprint density at radius 2 is 2.35 bits per heavy atom. The van der Waals surface area contributed by atoms with E-state index in [4.69, 9.17) is 12.2 Å². The fourth-order valence-corrected chi connectivity index (χ4v) is 5.78. The van der Waals surface area contributed by atoms with Crippen molar-refractivity contribution in [2.45, 2.75) is 23.5 Å². The topological polar surface area (TPSA) is 100 Å². The number of hydrogen-bond donors (Lipinski definition) is 2. The molecule has 1 aliphatic heterocycles. The van der Waals surface area contributed by atoms with Gasteiger partial charge in [0.15, 0.2) is 4.77 Å². The molecule has 1 saturated heterocycles. The summed E-state index contributed by atoms with van der Waals surface area (Å²) in [5, 5.41) is 11.4. The molecule has 26 heavy (non-hydrogen) atoms. The van der Waals surface area contributed by atoms with Gasteiger partial charge in [-0.05, 0) is 36.5 Å². The first-order chi connectivity index (χ1) is 12.4. The molecule has 2 aromatic rings. The summed E-state index contributed by atoms with van der Waals surface area (Å²) in [5.41, 5.74) is 0. The van der Waals surface area contributed by atoms with E-state index >= 15 is 0 Å². The Balaban J connectivity index is 1.56. The third kappa shape index (κ3) is 4.05. The molecule has 1 unspecified atom stereocenters. The highest BCUT2D eigenvalue weighted by atomic mass is 32.2. The van der Waals surface area contributed by atoms with Crippen molar-refractivity contribution in [1.29, 1.82) is 0 Å². The molecule has 1 amide bonds. The third-order valence-electron chi connectivity index (χ3n) is 4.46. The van der Waals surface area contributed by atoms with Crippen LogP contribution in [0.2, 0.25) is 0 Å². The van der Waals surface area contributed by atoms with Crippen molar-refractivity contribution < 1.29 is 13.2 Å². The quantitative estimate of drug-likeness (QED) is 0.693. The second-order valence-corrected chi connectivity index (χ2v) is 9.68. The van der Waals surface area contributed by atoms with E-state index in [9.17, 15) is 13.2 Å². The molecule has 1 fully saturated rings. The van der Waals surface area contributed by atoms with Crippen LogP contribution in [0.1, 0.15) is 18.7 Å². The molecule has 0 saturated carbocycles. The number of piperidine rings is 1. The van der Waals surface area contributed by atoms with Gasteiger partial charge in [-0.1, -0.05) is 6.07 Å². The SMILES string of the molecule is Cn1c(CCNC(=O)C2CCCN(S(=O)(=O)c3cccs3)C2)n[nH]c1=S. The minimum atomic E-state index is -3.51. The van der Waals surface area contributed by atoms with Gasteiger partial charge in [-0.2, -0.15) is 9.40 Å². The van der Waals surface area contributed by atoms with E-state index in [1.807, 2.05) is 7.05 Å². The molecule has 0 radical (unpaired) electrons. The van der Waals surface area contributed by atoms with Gasteiger partial charge < -0.3 is 9.88 Å². The Bertz CT molecular complexity index is 917. The zero-order chi connectivity index (χ0) is 18.7. The Labute approximate surface area is 161 Å². The van der Waals surface area contributed by atoms with Gasteiger partial charge in [-0.3, -0.25) is 9.89 Å². The van der Waals surface area contributed by atoms with Gasteiger partial charge in [0.25, 0.3) is 10.0 Å². The van der Waals surface area contributed by atoms with Crippen LogP contribution in [0, 0.1) is 10.7 Å². The first-order valence-corrected chi connectivity index (χ1v) is 11.0. The molecule has 0 aliphatic carbocycles. The predicted molar refractivity (Wildman–Crippen MR) is 101 cm³/mol. The van der Waals surface area contributed by atoms with Crippen molar-refractivity contribution >= 4 is 39.5 Å². The maximum atomic E-state index is 12.6. The molecule has 0 spiro atoms. The maximum absolute atomic E-state index is 12.6. The van der Waals surface area contributed by atoms with Gasteiger partial charge in [-0.15, -0.1) is 11.3 Å². The average molecular weight is 416 g/mol. The highest BCUT2D eigenvalue weighted by Gasteiger charge is 2.33. The summed E-state index contributed by atoms with van der Waals surface area (Å²) in [7, 11) is -1.69. The van der Waals surface area contributed by atoms with E-state index in [-0.39, 0.29) is 18.4 Å². The number of aromatic amines is 1. The van der Waals surface area contributed by atoms with E-state index in [0.717, 1.165) is 5.82 Å². The van der Waals surface area contributed by atoms with Gasteiger partial charge in [0, 0.05) is 33.1 Å². The van der Waals surface area contributed by atoms with Crippen LogP contribution in [0.4, 0.5) is 0 Å². The summed E-state index contributed by atoms with van der Waals surface area (Å²) < 4.78 is 29.3. The number of H-pyrrole nitrogens is 1. The van der Waals surface area contributed by atoms with Crippen LogP contribution < -0.4 is 5.32 Å². The van der Waals surface area contributed by atoms with E-state index < -0.39 is 10.0 Å². The molecular weight excluding hydrogens is 394 g/mol. The van der Waals surface area contributed by atoms with Crippen molar-refractivity contribution in [1.82, 2.24) is 24.4 Å². The lowest BCUT2D eigenvalue weighted by Crippen LogP contribution is -2.45. The molecular formula is C15H21N5O3S3. The fourth-order valence-electron chi connectivity index (χ4n) is 2.96. The molecule has 142 valence electrons. The number of nitrogens with zero attached hydrogens (tertiary/aromatic N) is 3. The molecule has 8 nitrogen and oxygen atoms in total. The second kappa shape index (κ2) is 7.99. The Morgan fingerprint density at radius 1 is 1.54 bits per heavy atom. The zero-order valence-electron chi connectivity index (χ0n) is 14.3. The van der Waals surface area contributed by atoms with Crippen LogP contribution in [0.25, 0.3) is 0 Å². The summed E-state index contributed by atoms with van der Waals surface area (Å²) in [6, 6.07) is 3.32. The summed E-state index contributed by atoms with van der Waals surface area (Å²) >= 11 is 6.25. The van der Waals surface area contributed by atoms with Crippen molar-refractivity contribution in [2.75, 3.05) is 19.6 Å². The Kier molecular flexibility index (Phi) is 5.90. The van der Waals surface area contributed by atoms with Crippen LogP contribution in [-0.2, 0) is 28.3 Å². The Hall–Kier alpha value is -1.56. The number of carbonyl (C=O) groups is 1. The molecule has 2 aromatic heterocycles. The minimum absolute atomic E-state index is 0.118. The summed E-state index contributed by atoms with van der Waals surface area (Å²) in [4.78, 5) is 12.5. The lowest BCUT2D eigenvalue weighted by atomic mass is 9.99. The molecule has 11 heteroatoms. The second-order valence-electron chi connectivity index (χ2n) is 6.18. The van der Waals surface area contributed by atoms with Crippen LogP contribution >= 0.6 is 23.6 Å². The number of rotatable bonds is 6. The summed E-state index contributed by atoms with van der Waals surface area (Å²) in [6.45, 7) is 1.10. The molecule has 3 heterocycles. The molecule has 1 atom stereocenters. The van der Waals surface area contributed by atoms with Crippen molar-refractivity contribution in [3.05, 3.63) is 28.1 Å². The average Bonchev–Trinajstić information content (AvgIpc) is 3.28. The molecule has 2 N–H and O–H groups in total. The van der Waals surface area contributed by atoms with Crippen LogP contribution in [0.15, 0.2) is 21.7 Å². The number of aromatic nitrogens is 3. The Morgan fingerprint density at radius 3 is 3.00 bits per heavy atom. The highest BCUT2D eigenvalue weighted by Crippen LogP contribution is 2.26. The molecule has 0 aromatic carbocycles. The van der Waals surface area contributed by atoms with Crippen LogP contribution in [-0.4, -0.2) is 53.0 Å². The monoisotopic (exact) mass is 415 g/mol. The van der Waals surface area contributed by atoms with Gasteiger partial charge in [-0.25, -0.2) is 8.42 Å². The molecule has 0 bridgehead atoms. The van der Waals surface area contributed by atoms with E-state index in [1.54, 1.807) is 22.1 Å². The molecule has 1 aliphatic rings. The lowest BCUT2D eigenvalue weighted by molar-refractivity contribution is -0.126. The van der Waals surface area contributed by atoms with Gasteiger partial charge in [0.1, 0.15) is 10.0 Å².